The molecule has 0 bridgehead atoms. The average Bonchev–Trinajstić information content (AvgIpc) is 3.26. The van der Waals surface area contributed by atoms with Gasteiger partial charge in [0.1, 0.15) is 0 Å². The number of aliphatic hydroxyl groups is 1. The van der Waals surface area contributed by atoms with Gasteiger partial charge in [-0.25, -0.2) is 0 Å². The van der Waals surface area contributed by atoms with Crippen LogP contribution in [0.25, 0.3) is 0 Å². The van der Waals surface area contributed by atoms with Crippen molar-refractivity contribution in [3.05, 3.63) is 0 Å². The van der Waals surface area contributed by atoms with Crippen LogP contribution in [0.15, 0.2) is 0 Å². The van der Waals surface area contributed by atoms with Crippen molar-refractivity contribution in [3.63, 3.8) is 0 Å². The van der Waals surface area contributed by atoms with Gasteiger partial charge >= 0.3 is 0 Å². The number of ether oxygens (including phenoxy) is 2. The van der Waals surface area contributed by atoms with Crippen LogP contribution in [0.3, 0.4) is 0 Å². The fourth-order valence-electron chi connectivity index (χ4n) is 9.20. The molecule has 1 saturated heterocycles. The van der Waals surface area contributed by atoms with Crippen LogP contribution in [0.4, 0.5) is 0 Å². The monoisotopic (exact) mass is 390 g/mol. The van der Waals surface area contributed by atoms with E-state index in [-0.39, 0.29) is 11.9 Å². The quantitative estimate of drug-likeness (QED) is 0.685. The van der Waals surface area contributed by atoms with Gasteiger partial charge in [-0.3, -0.25) is 0 Å². The molecule has 0 amide bonds. The molecule has 0 aromatic heterocycles. The summed E-state index contributed by atoms with van der Waals surface area (Å²) in [6.45, 7) is 11.1. The molecule has 3 nitrogen and oxygen atoms in total. The minimum absolute atomic E-state index is 0.174. The maximum absolute atomic E-state index is 10.3. The van der Waals surface area contributed by atoms with Crippen molar-refractivity contribution in [1.82, 2.24) is 0 Å². The van der Waals surface area contributed by atoms with Crippen molar-refractivity contribution in [1.29, 1.82) is 0 Å². The molecule has 5 rings (SSSR count). The Morgan fingerprint density at radius 3 is 2.25 bits per heavy atom. The Hall–Kier alpha value is -0.120. The summed E-state index contributed by atoms with van der Waals surface area (Å²) in [6.07, 6.45) is 11.7. The average molecular weight is 391 g/mol. The number of aliphatic hydroxyl groups excluding tert-OH is 1. The summed E-state index contributed by atoms with van der Waals surface area (Å²) in [5, 5.41) is 10.3. The Labute approximate surface area is 171 Å². The number of hydrogen-bond donors (Lipinski definition) is 1. The van der Waals surface area contributed by atoms with Crippen molar-refractivity contribution in [2.75, 3.05) is 13.2 Å². The van der Waals surface area contributed by atoms with Crippen LogP contribution in [0.2, 0.25) is 0 Å². The third-order valence-corrected chi connectivity index (χ3v) is 10.9. The summed E-state index contributed by atoms with van der Waals surface area (Å²) in [6, 6.07) is 0. The highest BCUT2D eigenvalue weighted by atomic mass is 16.7. The van der Waals surface area contributed by atoms with Gasteiger partial charge in [-0.15, -0.1) is 0 Å². The first kappa shape index (κ1) is 19.8. The Morgan fingerprint density at radius 2 is 1.54 bits per heavy atom. The molecule has 4 saturated carbocycles. The van der Waals surface area contributed by atoms with Crippen LogP contribution in [-0.2, 0) is 9.47 Å². The van der Waals surface area contributed by atoms with Crippen LogP contribution in [0.1, 0.15) is 85.5 Å². The molecule has 0 aromatic carbocycles. The number of fused-ring (bicyclic) bond motifs is 5. The van der Waals surface area contributed by atoms with Crippen LogP contribution in [-0.4, -0.2) is 30.2 Å². The van der Waals surface area contributed by atoms with E-state index in [1.54, 1.807) is 0 Å². The third kappa shape index (κ3) is 2.71. The van der Waals surface area contributed by atoms with Crippen LogP contribution in [0, 0.1) is 46.3 Å². The van der Waals surface area contributed by atoms with Crippen LogP contribution in [0.5, 0.6) is 0 Å². The van der Waals surface area contributed by atoms with Gasteiger partial charge in [-0.2, -0.15) is 0 Å². The first-order chi connectivity index (χ1) is 13.3. The first-order valence-corrected chi connectivity index (χ1v) is 12.3. The highest BCUT2D eigenvalue weighted by Gasteiger charge is 2.62. The largest absolute Gasteiger partial charge is 0.393 e. The molecule has 4 aliphatic carbocycles. The van der Waals surface area contributed by atoms with Crippen LogP contribution < -0.4 is 0 Å². The van der Waals surface area contributed by atoms with Crippen molar-refractivity contribution < 1.29 is 14.6 Å². The highest BCUT2D eigenvalue weighted by Crippen LogP contribution is 2.69. The predicted molar refractivity (Wildman–Crippen MR) is 111 cm³/mol. The Morgan fingerprint density at radius 1 is 0.821 bits per heavy atom. The van der Waals surface area contributed by atoms with Gasteiger partial charge in [0.05, 0.1) is 19.3 Å². The summed E-state index contributed by atoms with van der Waals surface area (Å²) in [7, 11) is 0. The molecule has 0 aromatic rings. The smallest absolute Gasteiger partial charge is 0.168 e. The molecule has 9 atom stereocenters. The van der Waals surface area contributed by atoms with E-state index in [0.717, 1.165) is 49.7 Å². The second kappa shape index (κ2) is 6.69. The van der Waals surface area contributed by atoms with Gasteiger partial charge in [-0.1, -0.05) is 20.8 Å². The number of hydrogen-bond acceptors (Lipinski definition) is 3. The van der Waals surface area contributed by atoms with Crippen molar-refractivity contribution in [2.45, 2.75) is 97.4 Å². The number of rotatable bonds is 2. The molecule has 1 heterocycles. The highest BCUT2D eigenvalue weighted by molar-refractivity contribution is 5.10. The maximum Gasteiger partial charge on any atom is 0.168 e. The summed E-state index contributed by atoms with van der Waals surface area (Å²) < 4.78 is 12.2. The molecule has 28 heavy (non-hydrogen) atoms. The van der Waals surface area contributed by atoms with Gasteiger partial charge < -0.3 is 14.6 Å². The standard InChI is InChI=1S/C25H42O3/c1-16(17(2)26)20-7-8-21-19-6-5-18-15-25(27-13-14-28-25)12-11-23(18,3)22(19)9-10-24(20,21)4/h16-22,26H,5-15H2,1-4H3/t16-,17?,18?,19?,20?,21?,22?,23+,24?/m1/s1. The van der Waals surface area contributed by atoms with Gasteiger partial charge in [0, 0.05) is 12.8 Å². The molecule has 7 unspecified atom stereocenters. The SMILES string of the molecule is CC(O)[C@@H](C)C1CCC2C3CCC4CC5(CC[C@]4(C)C3CCC21C)OCCO5. The molecule has 0 radical (unpaired) electrons. The maximum atomic E-state index is 10.3. The molecule has 5 aliphatic rings. The van der Waals surface area contributed by atoms with Crippen molar-refractivity contribution in [3.8, 4) is 0 Å². The zero-order valence-electron chi connectivity index (χ0n) is 18.6. The summed E-state index contributed by atoms with van der Waals surface area (Å²) in [4.78, 5) is 0. The molecule has 3 heteroatoms. The lowest BCUT2D eigenvalue weighted by Crippen LogP contribution is -2.56. The third-order valence-electron chi connectivity index (χ3n) is 10.9. The lowest BCUT2D eigenvalue weighted by atomic mass is 9.44. The zero-order valence-corrected chi connectivity index (χ0v) is 18.6. The van der Waals surface area contributed by atoms with Crippen molar-refractivity contribution >= 4 is 0 Å². The zero-order chi connectivity index (χ0) is 19.7. The van der Waals surface area contributed by atoms with E-state index in [4.69, 9.17) is 9.47 Å². The molecule has 160 valence electrons. The van der Waals surface area contributed by atoms with Gasteiger partial charge in [0.2, 0.25) is 0 Å². The molecular formula is C25H42O3. The second-order valence-corrected chi connectivity index (χ2v) is 11.8. The van der Waals surface area contributed by atoms with Gasteiger partial charge in [0.15, 0.2) is 5.79 Å². The molecular weight excluding hydrogens is 348 g/mol. The summed E-state index contributed by atoms with van der Waals surface area (Å²) in [5.74, 6) is 4.37. The minimum Gasteiger partial charge on any atom is -0.393 e. The van der Waals surface area contributed by atoms with E-state index in [1.165, 1.54) is 44.9 Å². The normalized spacial score (nSPS) is 52.0. The Bertz CT molecular complexity index is 597. The Balaban J connectivity index is 1.37. The topological polar surface area (TPSA) is 38.7 Å². The van der Waals surface area contributed by atoms with E-state index in [0.29, 0.717) is 22.7 Å². The molecule has 1 N–H and O–H groups in total. The molecule has 5 fully saturated rings. The van der Waals surface area contributed by atoms with E-state index < -0.39 is 0 Å². The van der Waals surface area contributed by atoms with Crippen LogP contribution >= 0.6 is 0 Å². The molecule has 1 spiro atoms. The van der Waals surface area contributed by atoms with E-state index in [1.807, 2.05) is 6.92 Å². The predicted octanol–water partition coefficient (Wildman–Crippen LogP) is 5.41. The Kier molecular flexibility index (Phi) is 4.73. The first-order valence-electron chi connectivity index (χ1n) is 12.3. The fourth-order valence-corrected chi connectivity index (χ4v) is 9.20. The molecule has 1 aliphatic heterocycles. The van der Waals surface area contributed by atoms with Gasteiger partial charge in [-0.05, 0) is 98.2 Å². The second-order valence-electron chi connectivity index (χ2n) is 11.8. The summed E-state index contributed by atoms with van der Waals surface area (Å²) in [5.41, 5.74) is 0.938. The van der Waals surface area contributed by atoms with E-state index in [9.17, 15) is 5.11 Å². The lowest BCUT2D eigenvalue weighted by Gasteiger charge is -2.62. The fraction of sp³-hybridized carbons (Fsp3) is 1.00. The minimum atomic E-state index is -0.231. The van der Waals surface area contributed by atoms with E-state index >= 15 is 0 Å². The van der Waals surface area contributed by atoms with E-state index in [2.05, 4.69) is 20.8 Å². The lowest BCUT2D eigenvalue weighted by molar-refractivity contribution is -0.230. The summed E-state index contributed by atoms with van der Waals surface area (Å²) >= 11 is 0. The van der Waals surface area contributed by atoms with Gasteiger partial charge in [0.25, 0.3) is 0 Å². The van der Waals surface area contributed by atoms with Crippen molar-refractivity contribution in [2.24, 2.45) is 46.3 Å².